The Kier molecular flexibility index (Phi) is 3.52. The summed E-state index contributed by atoms with van der Waals surface area (Å²) in [4.78, 5) is 0. The average Bonchev–Trinajstić information content (AvgIpc) is 2.41. The highest BCUT2D eigenvalue weighted by atomic mass is 14.8. The van der Waals surface area contributed by atoms with E-state index in [2.05, 4.69) is 17.5 Å². The monoisotopic (exact) mass is 139 g/mol. The van der Waals surface area contributed by atoms with Gasteiger partial charge in [-0.25, -0.2) is 0 Å². The third-order valence-electron chi connectivity index (χ3n) is 2.13. The van der Waals surface area contributed by atoms with E-state index in [4.69, 9.17) is 0 Å². The quantitative estimate of drug-likeness (QED) is 0.589. The van der Waals surface area contributed by atoms with Crippen molar-refractivity contribution in [3.05, 3.63) is 12.2 Å². The van der Waals surface area contributed by atoms with Gasteiger partial charge in [0.1, 0.15) is 0 Å². The molecule has 10 heavy (non-hydrogen) atoms. The van der Waals surface area contributed by atoms with Gasteiger partial charge in [0.2, 0.25) is 0 Å². The van der Waals surface area contributed by atoms with E-state index in [9.17, 15) is 0 Å². The molecule has 0 radical (unpaired) electrons. The van der Waals surface area contributed by atoms with Crippen molar-refractivity contribution < 1.29 is 0 Å². The first kappa shape index (κ1) is 7.80. The lowest BCUT2D eigenvalue weighted by Gasteiger charge is -1.98. The van der Waals surface area contributed by atoms with Crippen LogP contribution in [0.15, 0.2) is 12.2 Å². The minimum atomic E-state index is 0.897. The molecular weight excluding hydrogens is 122 g/mol. The largest absolute Gasteiger partial charge is 0.316 e. The third-order valence-corrected chi connectivity index (χ3v) is 2.13. The van der Waals surface area contributed by atoms with Gasteiger partial charge < -0.3 is 5.32 Å². The molecule has 1 rings (SSSR count). The van der Waals surface area contributed by atoms with Gasteiger partial charge in [-0.3, -0.25) is 0 Å². The predicted molar refractivity (Wildman–Crippen MR) is 45.0 cm³/mol. The van der Waals surface area contributed by atoms with Crippen LogP contribution in [-0.2, 0) is 0 Å². The second-order valence-electron chi connectivity index (χ2n) is 3.03. The number of likely N-dealkylation sites (N-methyl/N-ethyl adjacent to an activating group) is 1. The van der Waals surface area contributed by atoms with Crippen LogP contribution in [0, 0.1) is 5.92 Å². The molecule has 0 unspecified atom stereocenters. The van der Waals surface area contributed by atoms with Crippen LogP contribution in [0.5, 0.6) is 0 Å². The van der Waals surface area contributed by atoms with E-state index in [1.165, 1.54) is 25.7 Å². The minimum Gasteiger partial charge on any atom is -0.316 e. The van der Waals surface area contributed by atoms with E-state index in [-0.39, 0.29) is 0 Å². The molecule has 58 valence electrons. The Morgan fingerprint density at radius 3 is 2.70 bits per heavy atom. The van der Waals surface area contributed by atoms with Gasteiger partial charge in [0.05, 0.1) is 0 Å². The molecule has 1 N–H and O–H groups in total. The molecule has 0 amide bonds. The van der Waals surface area contributed by atoms with Crippen LogP contribution in [-0.4, -0.2) is 13.6 Å². The van der Waals surface area contributed by atoms with Gasteiger partial charge in [-0.1, -0.05) is 25.0 Å². The molecule has 1 heteroatoms. The van der Waals surface area contributed by atoms with Crippen LogP contribution < -0.4 is 5.32 Å². The van der Waals surface area contributed by atoms with Gasteiger partial charge in [0, 0.05) is 6.54 Å². The summed E-state index contributed by atoms with van der Waals surface area (Å²) in [6, 6.07) is 0. The zero-order chi connectivity index (χ0) is 7.23. The topological polar surface area (TPSA) is 12.0 Å². The van der Waals surface area contributed by atoms with Crippen LogP contribution in [0.25, 0.3) is 0 Å². The normalized spacial score (nSPS) is 20.9. The minimum absolute atomic E-state index is 0.897. The average molecular weight is 139 g/mol. The van der Waals surface area contributed by atoms with Gasteiger partial charge in [-0.2, -0.15) is 0 Å². The molecule has 0 saturated heterocycles. The fourth-order valence-electron chi connectivity index (χ4n) is 1.53. The van der Waals surface area contributed by atoms with Gasteiger partial charge in [-0.15, -0.1) is 0 Å². The Hall–Kier alpha value is -0.300. The number of hydrogen-bond acceptors (Lipinski definition) is 1. The van der Waals surface area contributed by atoms with E-state index < -0.39 is 0 Å². The van der Waals surface area contributed by atoms with Crippen LogP contribution in [0.2, 0.25) is 0 Å². The molecule has 1 aliphatic rings. The summed E-state index contributed by atoms with van der Waals surface area (Å²) in [6.07, 6.45) is 10.3. The molecule has 1 fully saturated rings. The number of hydrogen-bond donors (Lipinski definition) is 1. The molecule has 0 heterocycles. The SMILES string of the molecule is CNCC=CC1CCCC1. The Morgan fingerprint density at radius 1 is 1.40 bits per heavy atom. The van der Waals surface area contributed by atoms with Gasteiger partial charge >= 0.3 is 0 Å². The van der Waals surface area contributed by atoms with Crippen molar-refractivity contribution in [3.63, 3.8) is 0 Å². The summed E-state index contributed by atoms with van der Waals surface area (Å²) in [5.41, 5.74) is 0. The molecule has 0 aromatic carbocycles. The van der Waals surface area contributed by atoms with E-state index in [1.807, 2.05) is 7.05 Å². The fourth-order valence-corrected chi connectivity index (χ4v) is 1.53. The summed E-state index contributed by atoms with van der Waals surface area (Å²) in [6.45, 7) is 1.02. The summed E-state index contributed by atoms with van der Waals surface area (Å²) in [5.74, 6) is 0.897. The Morgan fingerprint density at radius 2 is 2.10 bits per heavy atom. The summed E-state index contributed by atoms with van der Waals surface area (Å²) >= 11 is 0. The maximum atomic E-state index is 3.10. The van der Waals surface area contributed by atoms with Crippen molar-refractivity contribution in [2.45, 2.75) is 25.7 Å². The highest BCUT2D eigenvalue weighted by molar-refractivity contribution is 4.91. The molecule has 1 nitrogen and oxygen atoms in total. The number of nitrogens with one attached hydrogen (secondary N) is 1. The molecule has 0 bridgehead atoms. The van der Waals surface area contributed by atoms with Crippen molar-refractivity contribution in [3.8, 4) is 0 Å². The third kappa shape index (κ3) is 2.53. The Balaban J connectivity index is 2.10. The second-order valence-corrected chi connectivity index (χ2v) is 3.03. The second kappa shape index (κ2) is 4.51. The van der Waals surface area contributed by atoms with E-state index in [0.29, 0.717) is 0 Å². The smallest absolute Gasteiger partial charge is 0.0131 e. The van der Waals surface area contributed by atoms with Gasteiger partial charge in [-0.05, 0) is 25.8 Å². The highest BCUT2D eigenvalue weighted by Crippen LogP contribution is 2.25. The van der Waals surface area contributed by atoms with Crippen molar-refractivity contribution in [2.24, 2.45) is 5.92 Å². The van der Waals surface area contributed by atoms with Crippen molar-refractivity contribution in [2.75, 3.05) is 13.6 Å². The van der Waals surface area contributed by atoms with Crippen molar-refractivity contribution in [1.29, 1.82) is 0 Å². The fraction of sp³-hybridized carbons (Fsp3) is 0.778. The maximum absolute atomic E-state index is 3.10. The molecule has 0 aromatic rings. The first-order chi connectivity index (χ1) is 4.93. The Bertz CT molecular complexity index is 101. The zero-order valence-electron chi connectivity index (χ0n) is 6.77. The van der Waals surface area contributed by atoms with E-state index in [1.54, 1.807) is 0 Å². The summed E-state index contributed by atoms with van der Waals surface area (Å²) < 4.78 is 0. The van der Waals surface area contributed by atoms with Crippen LogP contribution in [0.3, 0.4) is 0 Å². The maximum Gasteiger partial charge on any atom is 0.0131 e. The molecule has 0 spiro atoms. The molecule has 0 aromatic heterocycles. The Labute approximate surface area is 63.5 Å². The summed E-state index contributed by atoms with van der Waals surface area (Å²) in [5, 5.41) is 3.10. The van der Waals surface area contributed by atoms with Crippen LogP contribution in [0.1, 0.15) is 25.7 Å². The number of rotatable bonds is 3. The summed E-state index contributed by atoms with van der Waals surface area (Å²) in [7, 11) is 1.99. The van der Waals surface area contributed by atoms with E-state index >= 15 is 0 Å². The first-order valence-corrected chi connectivity index (χ1v) is 4.24. The van der Waals surface area contributed by atoms with Crippen molar-refractivity contribution in [1.82, 2.24) is 5.32 Å². The van der Waals surface area contributed by atoms with E-state index in [0.717, 1.165) is 12.5 Å². The molecule has 1 aliphatic carbocycles. The molecule has 1 saturated carbocycles. The number of allylic oxidation sites excluding steroid dienone is 1. The van der Waals surface area contributed by atoms with Gasteiger partial charge in [0.15, 0.2) is 0 Å². The lowest BCUT2D eigenvalue weighted by atomic mass is 10.1. The van der Waals surface area contributed by atoms with Crippen LogP contribution in [0.4, 0.5) is 0 Å². The standard InChI is InChI=1S/C9H17N/c1-10-8-4-7-9-5-2-3-6-9/h4,7,9-10H,2-3,5-6,8H2,1H3. The molecule has 0 atom stereocenters. The van der Waals surface area contributed by atoms with Gasteiger partial charge in [0.25, 0.3) is 0 Å². The first-order valence-electron chi connectivity index (χ1n) is 4.24. The molecular formula is C9H17N. The highest BCUT2D eigenvalue weighted by Gasteiger charge is 2.10. The van der Waals surface area contributed by atoms with Crippen LogP contribution >= 0.6 is 0 Å². The lowest BCUT2D eigenvalue weighted by Crippen LogP contribution is -2.04. The predicted octanol–water partition coefficient (Wildman–Crippen LogP) is 1.95. The van der Waals surface area contributed by atoms with Crippen molar-refractivity contribution >= 4 is 0 Å². The molecule has 0 aliphatic heterocycles. The lowest BCUT2D eigenvalue weighted by molar-refractivity contribution is 0.682. The zero-order valence-corrected chi connectivity index (χ0v) is 6.77.